The summed E-state index contributed by atoms with van der Waals surface area (Å²) < 4.78 is 21.9. The topological polar surface area (TPSA) is 64.4 Å². The molecule has 3 aromatic rings. The van der Waals surface area contributed by atoms with Crippen LogP contribution >= 0.6 is 11.6 Å². The highest BCUT2D eigenvalue weighted by Gasteiger charge is 2.17. The van der Waals surface area contributed by atoms with E-state index < -0.39 is 11.8 Å². The van der Waals surface area contributed by atoms with Gasteiger partial charge in [-0.15, -0.1) is 0 Å². The molecule has 0 saturated heterocycles. The van der Waals surface area contributed by atoms with Crippen LogP contribution in [0.1, 0.15) is 16.1 Å². The fraction of sp³-hybridized carbons (Fsp3) is 0.111. The monoisotopic (exact) mass is 360 g/mol. The summed E-state index contributed by atoms with van der Waals surface area (Å²) in [4.78, 5) is 14.7. The first-order chi connectivity index (χ1) is 12.0. The number of carboxylic acids is 1. The average molecular weight is 361 g/mol. The summed E-state index contributed by atoms with van der Waals surface area (Å²) in [6.07, 6.45) is 2.71. The molecule has 1 aromatic heterocycles. The van der Waals surface area contributed by atoms with Crippen molar-refractivity contribution in [3.8, 4) is 16.9 Å². The smallest absolute Gasteiger partial charge is 0.356 e. The highest BCUT2D eigenvalue weighted by molar-refractivity contribution is 6.30. The van der Waals surface area contributed by atoms with E-state index >= 15 is 4.39 Å². The third kappa shape index (κ3) is 3.49. The van der Waals surface area contributed by atoms with Gasteiger partial charge in [0.1, 0.15) is 11.6 Å². The molecule has 25 heavy (non-hydrogen) atoms. The number of ether oxygens (including phenoxy) is 1. The van der Waals surface area contributed by atoms with Crippen molar-refractivity contribution in [2.45, 2.75) is 6.54 Å². The van der Waals surface area contributed by atoms with Gasteiger partial charge < -0.3 is 14.4 Å². The zero-order valence-electron chi connectivity index (χ0n) is 13.2. The average Bonchev–Trinajstić information content (AvgIpc) is 3.05. The molecule has 0 atom stereocenters. The Morgan fingerprint density at radius 2 is 2.16 bits per heavy atom. The molecule has 128 valence electrons. The quantitative estimate of drug-likeness (QED) is 0.744. The van der Waals surface area contributed by atoms with Crippen molar-refractivity contribution < 1.29 is 19.0 Å². The SMILES string of the molecule is COc1ccc(Cn2cnc(C(=O)O)c2)c(F)c1-c1cccc(Cl)c1. The first-order valence-electron chi connectivity index (χ1n) is 7.36. The number of carbonyl (C=O) groups is 1. The van der Waals surface area contributed by atoms with Crippen molar-refractivity contribution >= 4 is 17.6 Å². The van der Waals surface area contributed by atoms with E-state index in [1.165, 1.54) is 24.2 Å². The lowest BCUT2D eigenvalue weighted by molar-refractivity contribution is 0.0691. The molecule has 0 amide bonds. The second-order valence-corrected chi connectivity index (χ2v) is 5.80. The number of nitrogens with zero attached hydrogens (tertiary/aromatic N) is 2. The van der Waals surface area contributed by atoms with E-state index in [1.54, 1.807) is 36.4 Å². The lowest BCUT2D eigenvalue weighted by atomic mass is 10.0. The number of aromatic nitrogens is 2. The predicted molar refractivity (Wildman–Crippen MR) is 91.7 cm³/mol. The van der Waals surface area contributed by atoms with Gasteiger partial charge in [0.25, 0.3) is 0 Å². The van der Waals surface area contributed by atoms with Crippen molar-refractivity contribution in [3.63, 3.8) is 0 Å². The summed E-state index contributed by atoms with van der Waals surface area (Å²) in [5, 5.41) is 9.42. The Bertz CT molecular complexity index is 940. The summed E-state index contributed by atoms with van der Waals surface area (Å²) in [6.45, 7) is 0.143. The van der Waals surface area contributed by atoms with Gasteiger partial charge in [-0.25, -0.2) is 14.2 Å². The van der Waals surface area contributed by atoms with Crippen LogP contribution in [-0.2, 0) is 6.54 Å². The van der Waals surface area contributed by atoms with E-state index in [1.807, 2.05) is 0 Å². The standard InChI is InChI=1S/C18H14ClFN2O3/c1-25-15-6-5-12(8-22-9-14(18(23)24)21-10-22)17(20)16(15)11-3-2-4-13(19)7-11/h2-7,9-10H,8H2,1H3,(H,23,24). The largest absolute Gasteiger partial charge is 0.496 e. The van der Waals surface area contributed by atoms with E-state index in [0.29, 0.717) is 27.5 Å². The van der Waals surface area contributed by atoms with Crippen molar-refractivity contribution in [1.29, 1.82) is 0 Å². The summed E-state index contributed by atoms with van der Waals surface area (Å²) in [7, 11) is 1.47. The minimum atomic E-state index is -1.13. The predicted octanol–water partition coefficient (Wildman–Crippen LogP) is 4.10. The van der Waals surface area contributed by atoms with Gasteiger partial charge in [-0.1, -0.05) is 29.8 Å². The molecule has 1 heterocycles. The first kappa shape index (κ1) is 17.0. The van der Waals surface area contributed by atoms with Gasteiger partial charge in [0.05, 0.1) is 25.5 Å². The number of hydrogen-bond acceptors (Lipinski definition) is 3. The Hall–Kier alpha value is -2.86. The molecule has 0 aliphatic heterocycles. The molecule has 0 radical (unpaired) electrons. The zero-order valence-corrected chi connectivity index (χ0v) is 14.0. The highest BCUT2D eigenvalue weighted by Crippen LogP contribution is 2.35. The number of halogens is 2. The van der Waals surface area contributed by atoms with E-state index in [4.69, 9.17) is 21.4 Å². The van der Waals surface area contributed by atoms with Gasteiger partial charge in [-0.3, -0.25) is 0 Å². The molecule has 0 spiro atoms. The van der Waals surface area contributed by atoms with Gasteiger partial charge in [0.15, 0.2) is 5.69 Å². The van der Waals surface area contributed by atoms with E-state index in [-0.39, 0.29) is 12.2 Å². The Morgan fingerprint density at radius 1 is 1.36 bits per heavy atom. The van der Waals surface area contributed by atoms with Crippen LogP contribution in [0.2, 0.25) is 5.02 Å². The molecule has 0 unspecified atom stereocenters. The molecule has 3 rings (SSSR count). The molecular formula is C18H14ClFN2O3. The molecule has 2 aromatic carbocycles. The molecule has 0 saturated carbocycles. The van der Waals surface area contributed by atoms with Crippen molar-refractivity contribution in [3.05, 3.63) is 71.0 Å². The highest BCUT2D eigenvalue weighted by atomic mass is 35.5. The van der Waals surface area contributed by atoms with Crippen LogP contribution in [0, 0.1) is 5.82 Å². The maximum absolute atomic E-state index is 15.1. The third-order valence-electron chi connectivity index (χ3n) is 3.72. The fourth-order valence-corrected chi connectivity index (χ4v) is 2.75. The number of carboxylic acid groups (broad SMARTS) is 1. The molecule has 5 nitrogen and oxygen atoms in total. The number of benzene rings is 2. The van der Waals surface area contributed by atoms with Crippen LogP contribution in [0.15, 0.2) is 48.9 Å². The van der Waals surface area contributed by atoms with Crippen LogP contribution in [0.25, 0.3) is 11.1 Å². The van der Waals surface area contributed by atoms with Crippen molar-refractivity contribution in [1.82, 2.24) is 9.55 Å². The Balaban J connectivity index is 2.04. The van der Waals surface area contributed by atoms with E-state index in [2.05, 4.69) is 4.98 Å². The second kappa shape index (κ2) is 6.94. The molecule has 7 heteroatoms. The Morgan fingerprint density at radius 3 is 2.80 bits per heavy atom. The van der Waals surface area contributed by atoms with E-state index in [9.17, 15) is 4.79 Å². The lowest BCUT2D eigenvalue weighted by Gasteiger charge is -2.14. The normalized spacial score (nSPS) is 10.7. The van der Waals surface area contributed by atoms with Gasteiger partial charge >= 0.3 is 5.97 Å². The van der Waals surface area contributed by atoms with Gasteiger partial charge in [0.2, 0.25) is 0 Å². The number of methoxy groups -OCH3 is 1. The van der Waals surface area contributed by atoms with Crippen LogP contribution in [0.4, 0.5) is 4.39 Å². The molecule has 0 bridgehead atoms. The minimum absolute atomic E-state index is 0.0935. The molecule has 0 fully saturated rings. The van der Waals surface area contributed by atoms with Crippen molar-refractivity contribution in [2.24, 2.45) is 0 Å². The third-order valence-corrected chi connectivity index (χ3v) is 3.96. The molecular weight excluding hydrogens is 347 g/mol. The van der Waals surface area contributed by atoms with Crippen LogP contribution in [-0.4, -0.2) is 27.7 Å². The summed E-state index contributed by atoms with van der Waals surface area (Å²) >= 11 is 6.01. The molecule has 0 aliphatic carbocycles. The summed E-state index contributed by atoms with van der Waals surface area (Å²) in [5.74, 6) is -1.19. The molecule has 1 N–H and O–H groups in total. The van der Waals surface area contributed by atoms with Gasteiger partial charge in [0, 0.05) is 16.8 Å². The minimum Gasteiger partial charge on any atom is -0.496 e. The fourth-order valence-electron chi connectivity index (χ4n) is 2.56. The summed E-state index contributed by atoms with van der Waals surface area (Å²) in [6, 6.07) is 10.1. The number of aromatic carboxylic acids is 1. The lowest BCUT2D eigenvalue weighted by Crippen LogP contribution is -2.03. The Labute approximate surface area is 148 Å². The number of rotatable bonds is 5. The van der Waals surface area contributed by atoms with Crippen LogP contribution in [0.5, 0.6) is 5.75 Å². The maximum atomic E-state index is 15.1. The Kier molecular flexibility index (Phi) is 4.72. The zero-order chi connectivity index (χ0) is 18.0. The summed E-state index contributed by atoms with van der Waals surface area (Å²) in [5.41, 5.74) is 1.19. The van der Waals surface area contributed by atoms with Crippen molar-refractivity contribution in [2.75, 3.05) is 7.11 Å². The van der Waals surface area contributed by atoms with Gasteiger partial charge in [-0.05, 0) is 23.8 Å². The molecule has 0 aliphatic rings. The maximum Gasteiger partial charge on any atom is 0.356 e. The van der Waals surface area contributed by atoms with Crippen LogP contribution in [0.3, 0.4) is 0 Å². The van der Waals surface area contributed by atoms with E-state index in [0.717, 1.165) is 0 Å². The number of hydrogen-bond donors (Lipinski definition) is 1. The number of imidazole rings is 1. The van der Waals surface area contributed by atoms with Gasteiger partial charge in [-0.2, -0.15) is 0 Å². The first-order valence-corrected chi connectivity index (χ1v) is 7.73. The second-order valence-electron chi connectivity index (χ2n) is 5.36. The van der Waals surface area contributed by atoms with Crippen LogP contribution < -0.4 is 4.74 Å².